The van der Waals surface area contributed by atoms with Crippen LogP contribution in [0.4, 0.5) is 4.39 Å². The van der Waals surface area contributed by atoms with E-state index in [4.69, 9.17) is 16.3 Å². The summed E-state index contributed by atoms with van der Waals surface area (Å²) in [5, 5.41) is -0.342. The van der Waals surface area contributed by atoms with Crippen LogP contribution in [0.2, 0.25) is 5.02 Å². The van der Waals surface area contributed by atoms with E-state index in [1.165, 1.54) is 25.3 Å². The third-order valence-corrected chi connectivity index (χ3v) is 10.1. The number of carbonyl (C=O) groups excluding carboxylic acids is 2. The van der Waals surface area contributed by atoms with Gasteiger partial charge in [0.05, 0.1) is 35.9 Å². The molecule has 46 heavy (non-hydrogen) atoms. The van der Waals surface area contributed by atoms with Gasteiger partial charge < -0.3 is 14.5 Å². The maximum absolute atomic E-state index is 14.3. The van der Waals surface area contributed by atoms with Crippen molar-refractivity contribution >= 4 is 33.3 Å². The molecule has 246 valence electrons. The Morgan fingerprint density at radius 1 is 1.07 bits per heavy atom. The number of piperidine rings is 1. The minimum Gasteiger partial charge on any atom is -0.497 e. The zero-order valence-corrected chi connectivity index (χ0v) is 27.4. The molecule has 1 fully saturated rings. The standard InChI is InChI=1S/C32H36ClFN4O7S/c1-20(19-46(3,43)44)38-31(41)26(25-5-4-6-27(34)30(25)33)17-36(32(38)42)18-29(40)35-12-10-23(11-13-35)37-14-9-22-15-24(45-2)8-7-21(22)16-28(37)39/h4-8,15,17,20,23H,9-14,16,18-19H2,1-3H3/t20-/m1/s1. The molecule has 0 unspecified atom stereocenters. The first kappa shape index (κ1) is 33.4. The number of likely N-dealkylation sites (tertiary alicyclic amines) is 1. The van der Waals surface area contributed by atoms with Crippen LogP contribution in [-0.4, -0.2) is 84.0 Å². The van der Waals surface area contributed by atoms with Gasteiger partial charge in [0, 0.05) is 43.7 Å². The first-order chi connectivity index (χ1) is 21.8. The molecule has 3 heterocycles. The summed E-state index contributed by atoms with van der Waals surface area (Å²) in [6.45, 7) is 2.25. The SMILES string of the molecule is COc1ccc2c(c1)CCN(C1CCN(C(=O)Cn3cc(-c4cccc(F)c4Cl)c(=O)n([C@H](C)CS(C)(=O)=O)c3=O)CC1)C(=O)C2. The Morgan fingerprint density at radius 2 is 1.78 bits per heavy atom. The van der Waals surface area contributed by atoms with E-state index < -0.39 is 45.2 Å². The van der Waals surface area contributed by atoms with E-state index in [2.05, 4.69) is 0 Å². The molecule has 2 aliphatic heterocycles. The van der Waals surface area contributed by atoms with Gasteiger partial charge in [-0.1, -0.05) is 29.8 Å². The van der Waals surface area contributed by atoms with Crippen molar-refractivity contribution in [1.29, 1.82) is 0 Å². The van der Waals surface area contributed by atoms with Crippen LogP contribution in [0.15, 0.2) is 52.2 Å². The maximum atomic E-state index is 14.3. The number of hydrogen-bond acceptors (Lipinski definition) is 7. The average Bonchev–Trinajstić information content (AvgIpc) is 3.16. The summed E-state index contributed by atoms with van der Waals surface area (Å²) in [6.07, 6.45) is 4.27. The highest BCUT2D eigenvalue weighted by molar-refractivity contribution is 7.90. The molecular weight excluding hydrogens is 639 g/mol. The number of halogens is 2. The van der Waals surface area contributed by atoms with Crippen LogP contribution in [-0.2, 0) is 38.8 Å². The van der Waals surface area contributed by atoms with Crippen molar-refractivity contribution in [3.8, 4) is 16.9 Å². The van der Waals surface area contributed by atoms with E-state index >= 15 is 0 Å². The number of benzene rings is 2. The third-order valence-electron chi connectivity index (χ3n) is 8.67. The van der Waals surface area contributed by atoms with Gasteiger partial charge in [0.1, 0.15) is 27.9 Å². The van der Waals surface area contributed by atoms with Gasteiger partial charge in [0.2, 0.25) is 11.8 Å². The number of amides is 2. The second kappa shape index (κ2) is 13.4. The highest BCUT2D eigenvalue weighted by atomic mass is 35.5. The number of sulfone groups is 1. The van der Waals surface area contributed by atoms with Crippen LogP contribution in [0.25, 0.3) is 11.1 Å². The van der Waals surface area contributed by atoms with Crippen LogP contribution >= 0.6 is 11.6 Å². The fourth-order valence-electron chi connectivity index (χ4n) is 6.36. The monoisotopic (exact) mass is 674 g/mol. The minimum absolute atomic E-state index is 0.0108. The second-order valence-electron chi connectivity index (χ2n) is 11.9. The van der Waals surface area contributed by atoms with Gasteiger partial charge >= 0.3 is 5.69 Å². The lowest BCUT2D eigenvalue weighted by atomic mass is 10.0. The smallest absolute Gasteiger partial charge is 0.331 e. The quantitative estimate of drug-likeness (QED) is 0.360. The molecule has 0 radical (unpaired) electrons. The van der Waals surface area contributed by atoms with E-state index in [1.54, 1.807) is 12.0 Å². The van der Waals surface area contributed by atoms with Gasteiger partial charge in [-0.05, 0) is 55.5 Å². The van der Waals surface area contributed by atoms with Crippen molar-refractivity contribution in [2.75, 3.05) is 38.8 Å². The lowest BCUT2D eigenvalue weighted by Crippen LogP contribution is -2.50. The lowest BCUT2D eigenvalue weighted by molar-refractivity contribution is -0.136. The highest BCUT2D eigenvalue weighted by Crippen LogP contribution is 2.28. The summed E-state index contributed by atoms with van der Waals surface area (Å²) in [5.74, 6) is -0.888. The van der Waals surface area contributed by atoms with Crippen molar-refractivity contribution in [2.24, 2.45) is 0 Å². The molecule has 0 bridgehead atoms. The molecule has 3 aromatic rings. The predicted octanol–water partition coefficient (Wildman–Crippen LogP) is 2.70. The van der Waals surface area contributed by atoms with Crippen molar-refractivity contribution in [3.05, 3.63) is 85.4 Å². The second-order valence-corrected chi connectivity index (χ2v) is 14.5. The zero-order chi connectivity index (χ0) is 33.3. The maximum Gasteiger partial charge on any atom is 0.331 e. The summed E-state index contributed by atoms with van der Waals surface area (Å²) < 4.78 is 45.6. The summed E-state index contributed by atoms with van der Waals surface area (Å²) in [4.78, 5) is 57.2. The van der Waals surface area contributed by atoms with E-state index in [-0.39, 0.29) is 34.0 Å². The number of rotatable bonds is 8. The van der Waals surface area contributed by atoms with Gasteiger partial charge in [-0.25, -0.2) is 17.6 Å². The number of carbonyl (C=O) groups is 2. The van der Waals surface area contributed by atoms with E-state index in [9.17, 15) is 32.0 Å². The molecule has 1 atom stereocenters. The summed E-state index contributed by atoms with van der Waals surface area (Å²) in [6, 6.07) is 8.52. The van der Waals surface area contributed by atoms with Crippen molar-refractivity contribution in [2.45, 2.75) is 51.2 Å². The number of ether oxygens (including phenoxy) is 1. The molecule has 0 N–H and O–H groups in total. The number of nitrogens with zero attached hydrogens (tertiary/aromatic N) is 4. The molecule has 2 aliphatic rings. The molecule has 11 nitrogen and oxygen atoms in total. The zero-order valence-electron chi connectivity index (χ0n) is 25.9. The largest absolute Gasteiger partial charge is 0.497 e. The summed E-state index contributed by atoms with van der Waals surface area (Å²) in [7, 11) is -1.99. The van der Waals surface area contributed by atoms with Crippen LogP contribution in [0.3, 0.4) is 0 Å². The van der Waals surface area contributed by atoms with Gasteiger partial charge in [0.25, 0.3) is 5.56 Å². The van der Waals surface area contributed by atoms with Crippen LogP contribution in [0, 0.1) is 5.82 Å². The van der Waals surface area contributed by atoms with E-state index in [0.29, 0.717) is 45.3 Å². The Labute approximate surface area is 271 Å². The average molecular weight is 675 g/mol. The van der Waals surface area contributed by atoms with E-state index in [0.717, 1.165) is 38.3 Å². The van der Waals surface area contributed by atoms with Crippen molar-refractivity contribution in [3.63, 3.8) is 0 Å². The fourth-order valence-corrected chi connectivity index (χ4v) is 7.61. The third kappa shape index (κ3) is 7.05. The first-order valence-electron chi connectivity index (χ1n) is 15.0. The Hall–Kier alpha value is -3.97. The summed E-state index contributed by atoms with van der Waals surface area (Å²) in [5.41, 5.74) is 0.218. The molecule has 0 aliphatic carbocycles. The highest BCUT2D eigenvalue weighted by Gasteiger charge is 2.32. The van der Waals surface area contributed by atoms with Gasteiger partial charge in [-0.2, -0.15) is 0 Å². The minimum atomic E-state index is -3.59. The number of fused-ring (bicyclic) bond motifs is 1. The van der Waals surface area contributed by atoms with Gasteiger partial charge in [-0.3, -0.25) is 23.5 Å². The molecule has 5 rings (SSSR count). The molecule has 0 saturated carbocycles. The Balaban J connectivity index is 1.35. The molecule has 1 aromatic heterocycles. The number of hydrogen-bond donors (Lipinski definition) is 0. The molecule has 0 spiro atoms. The normalized spacial score (nSPS) is 16.6. The molecule has 14 heteroatoms. The molecule has 2 amide bonds. The van der Waals surface area contributed by atoms with Gasteiger partial charge in [-0.15, -0.1) is 0 Å². The summed E-state index contributed by atoms with van der Waals surface area (Å²) >= 11 is 6.18. The van der Waals surface area contributed by atoms with Crippen LogP contribution < -0.4 is 16.0 Å². The van der Waals surface area contributed by atoms with Crippen molar-refractivity contribution in [1.82, 2.24) is 18.9 Å². The molecular formula is C32H36ClFN4O7S. The fraction of sp³-hybridized carbons (Fsp3) is 0.438. The predicted molar refractivity (Wildman–Crippen MR) is 172 cm³/mol. The number of methoxy groups -OCH3 is 1. The van der Waals surface area contributed by atoms with E-state index in [1.807, 2.05) is 23.1 Å². The number of aromatic nitrogens is 2. The molecule has 1 saturated heterocycles. The Bertz CT molecular complexity index is 1900. The van der Waals surface area contributed by atoms with Crippen LogP contribution in [0.5, 0.6) is 5.75 Å². The van der Waals surface area contributed by atoms with Gasteiger partial charge in [0.15, 0.2) is 0 Å². The topological polar surface area (TPSA) is 128 Å². The Morgan fingerprint density at radius 3 is 2.46 bits per heavy atom. The van der Waals surface area contributed by atoms with Crippen molar-refractivity contribution < 1.29 is 27.1 Å². The first-order valence-corrected chi connectivity index (χ1v) is 17.4. The Kier molecular flexibility index (Phi) is 9.73. The molecule has 2 aromatic carbocycles. The lowest BCUT2D eigenvalue weighted by Gasteiger charge is -2.38. The van der Waals surface area contributed by atoms with Crippen LogP contribution in [0.1, 0.15) is 36.9 Å².